The van der Waals surface area contributed by atoms with Crippen molar-refractivity contribution >= 4 is 17.3 Å². The molecule has 0 atom stereocenters. The van der Waals surface area contributed by atoms with Gasteiger partial charge in [0, 0.05) is 12.6 Å². The molecule has 0 spiro atoms. The molecule has 0 saturated carbocycles. The van der Waals surface area contributed by atoms with Gasteiger partial charge in [0.1, 0.15) is 5.02 Å². The molecule has 88 valence electrons. The number of nitrogens with zero attached hydrogens (tertiary/aromatic N) is 1. The molecule has 1 rings (SSSR count). The van der Waals surface area contributed by atoms with Crippen molar-refractivity contribution in [2.24, 2.45) is 5.73 Å². The Labute approximate surface area is 93.0 Å². The molecule has 16 heavy (non-hydrogen) atoms. The summed E-state index contributed by atoms with van der Waals surface area (Å²) in [5.74, 6) is 0. The van der Waals surface area contributed by atoms with Crippen molar-refractivity contribution in [1.82, 2.24) is 0 Å². The molecule has 0 bridgehead atoms. The normalized spacial score (nSPS) is 11.6. The molecule has 0 aromatic heterocycles. The van der Waals surface area contributed by atoms with Crippen molar-refractivity contribution < 1.29 is 18.1 Å². The van der Waals surface area contributed by atoms with E-state index in [-0.39, 0.29) is 10.6 Å². The summed E-state index contributed by atoms with van der Waals surface area (Å²) >= 11 is 5.46. The molecule has 1 aromatic rings. The molecule has 0 heterocycles. The number of hydrogen-bond donors (Lipinski definition) is 1. The highest BCUT2D eigenvalue weighted by atomic mass is 35.5. The van der Waals surface area contributed by atoms with Crippen molar-refractivity contribution in [1.29, 1.82) is 0 Å². The average Bonchev–Trinajstić information content (AvgIpc) is 2.14. The molecule has 0 amide bonds. The van der Waals surface area contributed by atoms with Crippen LogP contribution in [0.2, 0.25) is 5.02 Å². The average molecular weight is 255 g/mol. The maximum Gasteiger partial charge on any atom is 0.416 e. The Bertz CT molecular complexity index is 434. The summed E-state index contributed by atoms with van der Waals surface area (Å²) in [6.45, 7) is -0.396. The molecule has 0 unspecified atom stereocenters. The molecule has 0 aliphatic carbocycles. The van der Waals surface area contributed by atoms with E-state index in [1.54, 1.807) is 0 Å². The number of nitro groups is 1. The number of nitrogens with two attached hydrogens (primary N) is 1. The highest BCUT2D eigenvalue weighted by molar-refractivity contribution is 6.32. The first-order chi connectivity index (χ1) is 7.27. The van der Waals surface area contributed by atoms with E-state index < -0.39 is 28.9 Å². The highest BCUT2D eigenvalue weighted by Gasteiger charge is 2.35. The predicted octanol–water partition coefficient (Wildman–Crippen LogP) is 2.73. The van der Waals surface area contributed by atoms with Crippen LogP contribution in [0.1, 0.15) is 11.1 Å². The molecule has 0 saturated heterocycles. The lowest BCUT2D eigenvalue weighted by molar-refractivity contribution is -0.385. The topological polar surface area (TPSA) is 69.2 Å². The number of alkyl halides is 3. The van der Waals surface area contributed by atoms with Crippen molar-refractivity contribution in [3.8, 4) is 0 Å². The Balaban J connectivity index is 3.47. The van der Waals surface area contributed by atoms with E-state index in [0.717, 1.165) is 6.07 Å². The van der Waals surface area contributed by atoms with Gasteiger partial charge in [0.05, 0.1) is 10.5 Å². The van der Waals surface area contributed by atoms with Gasteiger partial charge in [-0.15, -0.1) is 0 Å². The minimum Gasteiger partial charge on any atom is -0.326 e. The third-order valence-corrected chi connectivity index (χ3v) is 2.20. The third-order valence-electron chi connectivity index (χ3n) is 1.89. The van der Waals surface area contributed by atoms with E-state index in [0.29, 0.717) is 6.07 Å². The van der Waals surface area contributed by atoms with Gasteiger partial charge in [0.2, 0.25) is 0 Å². The largest absolute Gasteiger partial charge is 0.416 e. The molecule has 0 fully saturated rings. The molecule has 0 aliphatic rings. The van der Waals surface area contributed by atoms with Crippen LogP contribution in [-0.4, -0.2) is 4.92 Å². The first kappa shape index (κ1) is 12.7. The summed E-state index contributed by atoms with van der Waals surface area (Å²) in [7, 11) is 0. The van der Waals surface area contributed by atoms with Crippen LogP contribution in [-0.2, 0) is 12.7 Å². The summed E-state index contributed by atoms with van der Waals surface area (Å²) < 4.78 is 37.5. The van der Waals surface area contributed by atoms with Gasteiger partial charge in [0.25, 0.3) is 5.69 Å². The Morgan fingerprint density at radius 2 is 2.00 bits per heavy atom. The Hall–Kier alpha value is -1.34. The minimum absolute atomic E-state index is 0.275. The lowest BCUT2D eigenvalue weighted by Gasteiger charge is -2.11. The summed E-state index contributed by atoms with van der Waals surface area (Å²) in [5, 5.41) is 10.1. The number of rotatable bonds is 2. The van der Waals surface area contributed by atoms with Crippen molar-refractivity contribution in [2.75, 3.05) is 0 Å². The lowest BCUT2D eigenvalue weighted by Crippen LogP contribution is -2.12. The first-order valence-electron chi connectivity index (χ1n) is 4.01. The lowest BCUT2D eigenvalue weighted by atomic mass is 10.1. The summed E-state index contributed by atoms with van der Waals surface area (Å²) in [5.41, 5.74) is 2.92. The van der Waals surface area contributed by atoms with Gasteiger partial charge in [-0.2, -0.15) is 13.2 Å². The highest BCUT2D eigenvalue weighted by Crippen LogP contribution is 2.37. The number of nitro benzene ring substituents is 1. The maximum absolute atomic E-state index is 12.5. The van der Waals surface area contributed by atoms with Gasteiger partial charge in [-0.1, -0.05) is 11.6 Å². The van der Waals surface area contributed by atoms with Gasteiger partial charge in [-0.05, 0) is 11.6 Å². The van der Waals surface area contributed by atoms with E-state index in [1.807, 2.05) is 0 Å². The second-order valence-electron chi connectivity index (χ2n) is 2.92. The molecule has 2 N–H and O–H groups in total. The second-order valence-corrected chi connectivity index (χ2v) is 3.33. The minimum atomic E-state index is -4.69. The summed E-state index contributed by atoms with van der Waals surface area (Å²) in [4.78, 5) is 9.45. The van der Waals surface area contributed by atoms with Crippen LogP contribution in [0.3, 0.4) is 0 Å². The van der Waals surface area contributed by atoms with Crippen LogP contribution in [0.4, 0.5) is 18.9 Å². The van der Waals surface area contributed by atoms with E-state index in [9.17, 15) is 23.3 Å². The quantitative estimate of drug-likeness (QED) is 0.652. The zero-order valence-electron chi connectivity index (χ0n) is 7.71. The van der Waals surface area contributed by atoms with Crippen LogP contribution in [0, 0.1) is 10.1 Å². The third kappa shape index (κ3) is 2.42. The van der Waals surface area contributed by atoms with Crippen LogP contribution in [0.15, 0.2) is 12.1 Å². The first-order valence-corrected chi connectivity index (χ1v) is 4.39. The summed E-state index contributed by atoms with van der Waals surface area (Å²) in [6.07, 6.45) is -4.69. The predicted molar refractivity (Wildman–Crippen MR) is 51.0 cm³/mol. The van der Waals surface area contributed by atoms with Gasteiger partial charge < -0.3 is 5.73 Å². The van der Waals surface area contributed by atoms with Crippen molar-refractivity contribution in [3.05, 3.63) is 38.4 Å². The maximum atomic E-state index is 12.5. The Kier molecular flexibility index (Phi) is 3.39. The molecule has 0 aliphatic heterocycles. The monoisotopic (exact) mass is 254 g/mol. The van der Waals surface area contributed by atoms with E-state index in [2.05, 4.69) is 0 Å². The van der Waals surface area contributed by atoms with Crippen molar-refractivity contribution in [3.63, 3.8) is 0 Å². The van der Waals surface area contributed by atoms with Gasteiger partial charge in [-0.25, -0.2) is 0 Å². The molecular weight excluding hydrogens is 249 g/mol. The number of halogens is 4. The number of hydrogen-bond acceptors (Lipinski definition) is 3. The van der Waals surface area contributed by atoms with Crippen LogP contribution < -0.4 is 5.73 Å². The fraction of sp³-hybridized carbons (Fsp3) is 0.250. The summed E-state index contributed by atoms with van der Waals surface area (Å²) in [6, 6.07) is 1.26. The van der Waals surface area contributed by atoms with Crippen LogP contribution in [0.25, 0.3) is 0 Å². The van der Waals surface area contributed by atoms with Crippen LogP contribution in [0.5, 0.6) is 0 Å². The smallest absolute Gasteiger partial charge is 0.326 e. The van der Waals surface area contributed by atoms with Crippen LogP contribution >= 0.6 is 11.6 Å². The molecular formula is C8H6ClF3N2O2. The Morgan fingerprint density at radius 3 is 2.38 bits per heavy atom. The van der Waals surface area contributed by atoms with E-state index in [1.165, 1.54) is 0 Å². The molecule has 1 aromatic carbocycles. The molecule has 0 radical (unpaired) electrons. The van der Waals surface area contributed by atoms with E-state index >= 15 is 0 Å². The fourth-order valence-electron chi connectivity index (χ4n) is 1.18. The SMILES string of the molecule is NCc1cc(Cl)c([N+](=O)[O-])cc1C(F)(F)F. The second kappa shape index (κ2) is 4.26. The zero-order chi connectivity index (χ0) is 12.5. The Morgan fingerprint density at radius 1 is 1.44 bits per heavy atom. The van der Waals surface area contributed by atoms with Gasteiger partial charge >= 0.3 is 6.18 Å². The van der Waals surface area contributed by atoms with Crippen molar-refractivity contribution in [2.45, 2.75) is 12.7 Å². The standard InChI is InChI=1S/C8H6ClF3N2O2/c9-6-1-4(3-13)5(8(10,11)12)2-7(6)14(15)16/h1-2H,3,13H2. The van der Waals surface area contributed by atoms with E-state index in [4.69, 9.17) is 17.3 Å². The zero-order valence-corrected chi connectivity index (χ0v) is 8.47. The van der Waals surface area contributed by atoms with Gasteiger partial charge in [-0.3, -0.25) is 10.1 Å². The number of benzene rings is 1. The van der Waals surface area contributed by atoms with Gasteiger partial charge in [0.15, 0.2) is 0 Å². The molecule has 4 nitrogen and oxygen atoms in total. The fourth-order valence-corrected chi connectivity index (χ4v) is 1.43. The molecule has 8 heteroatoms.